The zero-order chi connectivity index (χ0) is 15.0. The molecule has 0 radical (unpaired) electrons. The quantitative estimate of drug-likeness (QED) is 0.641. The van der Waals surface area contributed by atoms with Gasteiger partial charge in [0.1, 0.15) is 12.4 Å². The lowest BCUT2D eigenvalue weighted by Crippen LogP contribution is -2.09. The van der Waals surface area contributed by atoms with Crippen LogP contribution in [0, 0.1) is 0 Å². The molecule has 1 N–H and O–H groups in total. The van der Waals surface area contributed by atoms with Gasteiger partial charge in [-0.05, 0) is 24.6 Å². The minimum Gasteiger partial charge on any atom is -0.487 e. The number of rotatable bonds is 6. The van der Waals surface area contributed by atoms with Crippen LogP contribution in [0.2, 0.25) is 0 Å². The highest BCUT2D eigenvalue weighted by molar-refractivity contribution is 5.90. The normalized spacial score (nSPS) is 10.8. The molecule has 0 spiro atoms. The van der Waals surface area contributed by atoms with Crippen molar-refractivity contribution >= 4 is 17.6 Å². The van der Waals surface area contributed by atoms with Crippen molar-refractivity contribution in [1.82, 2.24) is 0 Å². The molecule has 0 atom stereocenters. The molecule has 5 nitrogen and oxygen atoms in total. The van der Waals surface area contributed by atoms with Gasteiger partial charge < -0.3 is 14.8 Å². The summed E-state index contributed by atoms with van der Waals surface area (Å²) in [4.78, 5) is 22.5. The van der Waals surface area contributed by atoms with E-state index in [0.29, 0.717) is 23.4 Å². The van der Waals surface area contributed by atoms with Crippen LogP contribution in [-0.4, -0.2) is 25.6 Å². The summed E-state index contributed by atoms with van der Waals surface area (Å²) in [6.07, 6.45) is 2.25. The molecule has 1 aromatic carbocycles. The molecule has 0 fully saturated rings. The molecule has 0 saturated carbocycles. The fraction of sp³-hybridized carbons (Fsp3) is 0.333. The average molecular weight is 277 g/mol. The largest absolute Gasteiger partial charge is 0.487 e. The van der Waals surface area contributed by atoms with Gasteiger partial charge in [0.15, 0.2) is 0 Å². The maximum atomic E-state index is 11.4. The Morgan fingerprint density at radius 3 is 2.60 bits per heavy atom. The van der Waals surface area contributed by atoms with E-state index in [2.05, 4.69) is 10.1 Å². The van der Waals surface area contributed by atoms with Crippen molar-refractivity contribution in [3.05, 3.63) is 35.9 Å². The zero-order valence-corrected chi connectivity index (χ0v) is 11.9. The number of anilines is 1. The predicted octanol–water partition coefficient (Wildman–Crippen LogP) is 2.53. The molecule has 0 aliphatic carbocycles. The van der Waals surface area contributed by atoms with E-state index >= 15 is 0 Å². The second-order valence-electron chi connectivity index (χ2n) is 4.06. The van der Waals surface area contributed by atoms with E-state index < -0.39 is 0 Å². The van der Waals surface area contributed by atoms with Gasteiger partial charge >= 0.3 is 5.97 Å². The predicted molar refractivity (Wildman–Crippen MR) is 76.6 cm³/mol. The minimum absolute atomic E-state index is 0.166. The van der Waals surface area contributed by atoms with Crippen LogP contribution in [0.15, 0.2) is 35.9 Å². The van der Waals surface area contributed by atoms with E-state index in [-0.39, 0.29) is 18.5 Å². The van der Waals surface area contributed by atoms with Gasteiger partial charge in [-0.1, -0.05) is 19.1 Å². The van der Waals surface area contributed by atoms with Gasteiger partial charge in [-0.2, -0.15) is 0 Å². The first kappa shape index (κ1) is 15.8. The van der Waals surface area contributed by atoms with Crippen molar-refractivity contribution in [3.63, 3.8) is 0 Å². The molecule has 0 aromatic heterocycles. The van der Waals surface area contributed by atoms with E-state index in [1.807, 2.05) is 13.0 Å². The van der Waals surface area contributed by atoms with Crippen LogP contribution in [0.4, 0.5) is 5.69 Å². The summed E-state index contributed by atoms with van der Waals surface area (Å²) < 4.78 is 10.2. The Labute approximate surface area is 118 Å². The Balaban J connectivity index is 2.72. The van der Waals surface area contributed by atoms with Crippen molar-refractivity contribution in [2.75, 3.05) is 19.0 Å². The molecule has 20 heavy (non-hydrogen) atoms. The summed E-state index contributed by atoms with van der Waals surface area (Å²) >= 11 is 0. The van der Waals surface area contributed by atoms with E-state index in [1.165, 1.54) is 14.0 Å². The van der Waals surface area contributed by atoms with Crippen LogP contribution in [0.5, 0.6) is 5.75 Å². The molecule has 1 rings (SSSR count). The van der Waals surface area contributed by atoms with Crippen molar-refractivity contribution < 1.29 is 19.1 Å². The number of carbonyl (C=O) groups excluding carboxylic acids is 2. The molecular weight excluding hydrogens is 258 g/mol. The summed E-state index contributed by atoms with van der Waals surface area (Å²) in [5.74, 6) is 0.0333. The summed E-state index contributed by atoms with van der Waals surface area (Å²) in [5, 5.41) is 2.68. The first-order valence-electron chi connectivity index (χ1n) is 6.35. The standard InChI is InChI=1S/C15H19NO4/c1-4-12(15(18)19-3)9-10-20-14-8-6-5-7-13(14)16-11(2)17/h5-9H,4,10H2,1-3H3,(H,16,17). The Kier molecular flexibility index (Phi) is 6.29. The third-order valence-corrected chi connectivity index (χ3v) is 2.59. The Morgan fingerprint density at radius 2 is 2.00 bits per heavy atom. The number of nitrogens with one attached hydrogen (secondary N) is 1. The highest BCUT2D eigenvalue weighted by atomic mass is 16.5. The summed E-state index contributed by atoms with van der Waals surface area (Å²) in [6.45, 7) is 3.53. The number of para-hydroxylation sites is 2. The number of hydrogen-bond donors (Lipinski definition) is 1. The van der Waals surface area contributed by atoms with Gasteiger partial charge in [0.2, 0.25) is 5.91 Å². The first-order chi connectivity index (χ1) is 9.58. The van der Waals surface area contributed by atoms with Crippen LogP contribution >= 0.6 is 0 Å². The summed E-state index contributed by atoms with van der Waals surface area (Å²) in [7, 11) is 1.35. The fourth-order valence-electron chi connectivity index (χ4n) is 1.62. The SMILES string of the molecule is CCC(=CCOc1ccccc1NC(C)=O)C(=O)OC. The van der Waals surface area contributed by atoms with Crippen LogP contribution in [0.25, 0.3) is 0 Å². The zero-order valence-electron chi connectivity index (χ0n) is 11.9. The molecule has 0 heterocycles. The molecule has 1 aromatic rings. The smallest absolute Gasteiger partial charge is 0.333 e. The minimum atomic E-state index is -0.355. The molecule has 0 bridgehead atoms. The Morgan fingerprint density at radius 1 is 1.30 bits per heavy atom. The average Bonchev–Trinajstić information content (AvgIpc) is 2.44. The van der Waals surface area contributed by atoms with E-state index in [0.717, 1.165) is 0 Å². The van der Waals surface area contributed by atoms with Crippen LogP contribution in [0.3, 0.4) is 0 Å². The summed E-state index contributed by atoms with van der Waals surface area (Å²) in [5.41, 5.74) is 1.16. The first-order valence-corrected chi connectivity index (χ1v) is 6.35. The lowest BCUT2D eigenvalue weighted by Gasteiger charge is -2.10. The number of methoxy groups -OCH3 is 1. The van der Waals surface area contributed by atoms with Gasteiger partial charge in [0.05, 0.1) is 12.8 Å². The van der Waals surface area contributed by atoms with Gasteiger partial charge in [0, 0.05) is 12.5 Å². The number of ether oxygens (including phenoxy) is 2. The van der Waals surface area contributed by atoms with E-state index in [9.17, 15) is 9.59 Å². The highest BCUT2D eigenvalue weighted by Gasteiger charge is 2.07. The molecule has 108 valence electrons. The number of carbonyl (C=O) groups is 2. The van der Waals surface area contributed by atoms with E-state index in [4.69, 9.17) is 4.74 Å². The molecule has 0 aliphatic heterocycles. The highest BCUT2D eigenvalue weighted by Crippen LogP contribution is 2.23. The third-order valence-electron chi connectivity index (χ3n) is 2.59. The van der Waals surface area contributed by atoms with E-state index in [1.54, 1.807) is 24.3 Å². The number of esters is 1. The van der Waals surface area contributed by atoms with Crippen molar-refractivity contribution in [2.24, 2.45) is 0 Å². The van der Waals surface area contributed by atoms with Gasteiger partial charge in [-0.15, -0.1) is 0 Å². The molecule has 1 amide bonds. The molecule has 0 aliphatic rings. The van der Waals surface area contributed by atoms with Crippen molar-refractivity contribution in [2.45, 2.75) is 20.3 Å². The molecule has 0 saturated heterocycles. The lowest BCUT2D eigenvalue weighted by atomic mass is 10.2. The monoisotopic (exact) mass is 277 g/mol. The number of amides is 1. The summed E-state index contributed by atoms with van der Waals surface area (Å²) in [6, 6.07) is 7.12. The number of hydrogen-bond acceptors (Lipinski definition) is 4. The maximum absolute atomic E-state index is 11.4. The fourth-order valence-corrected chi connectivity index (χ4v) is 1.62. The molecular formula is C15H19NO4. The van der Waals surface area contributed by atoms with Crippen LogP contribution < -0.4 is 10.1 Å². The molecule has 0 unspecified atom stereocenters. The van der Waals surface area contributed by atoms with Crippen molar-refractivity contribution in [3.8, 4) is 5.75 Å². The van der Waals surface area contributed by atoms with Crippen LogP contribution in [0.1, 0.15) is 20.3 Å². The van der Waals surface area contributed by atoms with Crippen LogP contribution in [-0.2, 0) is 14.3 Å². The Hall–Kier alpha value is -2.30. The van der Waals surface area contributed by atoms with Gasteiger partial charge in [0.25, 0.3) is 0 Å². The Bertz CT molecular complexity index is 508. The maximum Gasteiger partial charge on any atom is 0.333 e. The second kappa shape index (κ2) is 7.99. The molecule has 5 heteroatoms. The van der Waals surface area contributed by atoms with Crippen molar-refractivity contribution in [1.29, 1.82) is 0 Å². The third kappa shape index (κ3) is 4.76. The number of benzene rings is 1. The topological polar surface area (TPSA) is 64.6 Å². The van der Waals surface area contributed by atoms with Gasteiger partial charge in [-0.3, -0.25) is 4.79 Å². The lowest BCUT2D eigenvalue weighted by molar-refractivity contribution is -0.136. The second-order valence-corrected chi connectivity index (χ2v) is 4.06. The van der Waals surface area contributed by atoms with Gasteiger partial charge in [-0.25, -0.2) is 4.79 Å².